The van der Waals surface area contributed by atoms with Crippen molar-refractivity contribution in [3.05, 3.63) is 36.7 Å². The van der Waals surface area contributed by atoms with Gasteiger partial charge in [0.2, 0.25) is 5.24 Å². The third-order valence-electron chi connectivity index (χ3n) is 3.73. The maximum absolute atomic E-state index is 11.4. The zero-order valence-electron chi connectivity index (χ0n) is 10.6. The second-order valence-electron chi connectivity index (χ2n) is 4.97. The number of fused-ring (bicyclic) bond motifs is 1. The first-order valence-corrected chi connectivity index (χ1v) is 6.90. The summed E-state index contributed by atoms with van der Waals surface area (Å²) in [6.45, 7) is 1.65. The molecule has 1 saturated heterocycles. The van der Waals surface area contributed by atoms with Gasteiger partial charge < -0.3 is 4.90 Å². The van der Waals surface area contributed by atoms with E-state index in [0.717, 1.165) is 30.5 Å². The molecular weight excluding hydrogens is 260 g/mol. The highest BCUT2D eigenvalue weighted by Crippen LogP contribution is 2.29. The highest BCUT2D eigenvalue weighted by atomic mass is 35.5. The molecule has 0 spiro atoms. The van der Waals surface area contributed by atoms with Crippen LogP contribution in [0, 0.1) is 5.92 Å². The van der Waals surface area contributed by atoms with Crippen LogP contribution in [0.15, 0.2) is 36.7 Å². The lowest BCUT2D eigenvalue weighted by molar-refractivity contribution is -0.115. The Morgan fingerprint density at radius 3 is 3.00 bits per heavy atom. The minimum Gasteiger partial charge on any atom is -0.369 e. The summed E-state index contributed by atoms with van der Waals surface area (Å²) in [7, 11) is 0. The van der Waals surface area contributed by atoms with Gasteiger partial charge in [-0.1, -0.05) is 24.3 Å². The monoisotopic (exact) mass is 274 g/mol. The summed E-state index contributed by atoms with van der Waals surface area (Å²) in [5, 5.41) is 2.08. The minimum atomic E-state index is -0.224. The van der Waals surface area contributed by atoms with Crippen LogP contribution in [0.4, 0.5) is 5.69 Å². The van der Waals surface area contributed by atoms with E-state index in [4.69, 9.17) is 11.6 Å². The number of aromatic nitrogens is 1. The number of halogens is 1. The SMILES string of the molecule is O=C(Cl)C1CCCN(c2cncc3ccccc23)C1. The van der Waals surface area contributed by atoms with Crippen molar-refractivity contribution in [3.8, 4) is 0 Å². The van der Waals surface area contributed by atoms with Crippen LogP contribution in [0.1, 0.15) is 12.8 Å². The largest absolute Gasteiger partial charge is 0.369 e. The third-order valence-corrected chi connectivity index (χ3v) is 4.04. The number of benzene rings is 1. The van der Waals surface area contributed by atoms with Crippen molar-refractivity contribution < 1.29 is 4.79 Å². The van der Waals surface area contributed by atoms with Gasteiger partial charge in [-0.2, -0.15) is 0 Å². The standard InChI is InChI=1S/C15H15ClN2O/c16-15(19)12-5-3-7-18(10-12)14-9-17-8-11-4-1-2-6-13(11)14/h1-2,4,6,8-9,12H,3,5,7,10H2. The van der Waals surface area contributed by atoms with Crippen LogP contribution in [-0.4, -0.2) is 23.3 Å². The number of hydrogen-bond donors (Lipinski definition) is 0. The Balaban J connectivity index is 1.97. The van der Waals surface area contributed by atoms with Crippen LogP contribution in [0.5, 0.6) is 0 Å². The molecule has 0 amide bonds. The Kier molecular flexibility index (Phi) is 3.38. The fourth-order valence-electron chi connectivity index (χ4n) is 2.73. The molecule has 3 nitrogen and oxygen atoms in total. The van der Waals surface area contributed by atoms with Crippen LogP contribution in [0.2, 0.25) is 0 Å². The fourth-order valence-corrected chi connectivity index (χ4v) is 2.91. The van der Waals surface area contributed by atoms with Crippen LogP contribution < -0.4 is 4.90 Å². The molecular formula is C15H15ClN2O. The molecule has 0 N–H and O–H groups in total. The molecule has 98 valence electrons. The summed E-state index contributed by atoms with van der Waals surface area (Å²) in [5.41, 5.74) is 1.10. The van der Waals surface area contributed by atoms with Crippen molar-refractivity contribution >= 4 is 33.3 Å². The molecule has 1 aliphatic heterocycles. The van der Waals surface area contributed by atoms with Crippen LogP contribution in [-0.2, 0) is 4.79 Å². The number of pyridine rings is 1. The topological polar surface area (TPSA) is 33.2 Å². The maximum Gasteiger partial charge on any atom is 0.226 e. The van der Waals surface area contributed by atoms with Crippen molar-refractivity contribution in [2.45, 2.75) is 12.8 Å². The molecule has 0 radical (unpaired) electrons. The molecule has 1 unspecified atom stereocenters. The molecule has 0 saturated carbocycles. The van der Waals surface area contributed by atoms with Gasteiger partial charge in [0, 0.05) is 30.1 Å². The molecule has 2 heterocycles. The molecule has 3 rings (SSSR count). The first-order chi connectivity index (χ1) is 9.25. The molecule has 4 heteroatoms. The predicted molar refractivity (Wildman–Crippen MR) is 77.5 cm³/mol. The molecule has 19 heavy (non-hydrogen) atoms. The number of carbonyl (C=O) groups is 1. The van der Waals surface area contributed by atoms with Gasteiger partial charge >= 0.3 is 0 Å². The van der Waals surface area contributed by atoms with E-state index in [1.807, 2.05) is 24.5 Å². The van der Waals surface area contributed by atoms with Crippen molar-refractivity contribution in [2.24, 2.45) is 5.92 Å². The fraction of sp³-hybridized carbons (Fsp3) is 0.333. The number of rotatable bonds is 2. The van der Waals surface area contributed by atoms with E-state index in [0.29, 0.717) is 6.54 Å². The van der Waals surface area contributed by atoms with Gasteiger partial charge in [-0.05, 0) is 24.4 Å². The Morgan fingerprint density at radius 2 is 2.16 bits per heavy atom. The normalized spacial score (nSPS) is 19.6. The highest BCUT2D eigenvalue weighted by molar-refractivity contribution is 6.64. The van der Waals surface area contributed by atoms with Gasteiger partial charge in [-0.15, -0.1) is 0 Å². The number of piperidine rings is 1. The van der Waals surface area contributed by atoms with Crippen LogP contribution >= 0.6 is 11.6 Å². The third kappa shape index (κ3) is 2.43. The lowest BCUT2D eigenvalue weighted by Gasteiger charge is -2.33. The highest BCUT2D eigenvalue weighted by Gasteiger charge is 2.25. The van der Waals surface area contributed by atoms with E-state index < -0.39 is 0 Å². The summed E-state index contributed by atoms with van der Waals surface area (Å²) < 4.78 is 0. The summed E-state index contributed by atoms with van der Waals surface area (Å²) >= 11 is 5.65. The van der Waals surface area contributed by atoms with Gasteiger partial charge in [0.25, 0.3) is 0 Å². The number of nitrogens with zero attached hydrogens (tertiary/aromatic N) is 2. The van der Waals surface area contributed by atoms with E-state index in [9.17, 15) is 4.79 Å². The van der Waals surface area contributed by atoms with Crippen LogP contribution in [0.25, 0.3) is 10.8 Å². The molecule has 1 aliphatic rings. The predicted octanol–water partition coefficient (Wildman–Crippen LogP) is 3.22. The summed E-state index contributed by atoms with van der Waals surface area (Å²) in [6.07, 6.45) is 5.62. The van der Waals surface area contributed by atoms with Crippen molar-refractivity contribution in [3.63, 3.8) is 0 Å². The second-order valence-corrected chi connectivity index (χ2v) is 5.34. The second kappa shape index (κ2) is 5.17. The molecule has 0 aliphatic carbocycles. The van der Waals surface area contributed by atoms with E-state index in [1.165, 1.54) is 5.39 Å². The zero-order valence-corrected chi connectivity index (χ0v) is 11.3. The summed E-state index contributed by atoms with van der Waals surface area (Å²) in [5.74, 6) is -0.0608. The first-order valence-electron chi connectivity index (χ1n) is 6.53. The van der Waals surface area contributed by atoms with Gasteiger partial charge in [0.1, 0.15) is 0 Å². The summed E-state index contributed by atoms with van der Waals surface area (Å²) in [4.78, 5) is 17.9. The molecule has 0 bridgehead atoms. The number of anilines is 1. The zero-order chi connectivity index (χ0) is 13.2. The average Bonchev–Trinajstić information content (AvgIpc) is 2.47. The van der Waals surface area contributed by atoms with E-state index in [-0.39, 0.29) is 11.2 Å². The maximum atomic E-state index is 11.4. The van der Waals surface area contributed by atoms with E-state index in [1.54, 1.807) is 0 Å². The number of carbonyl (C=O) groups excluding carboxylic acids is 1. The minimum absolute atomic E-state index is 0.0608. The Morgan fingerprint density at radius 1 is 1.32 bits per heavy atom. The van der Waals surface area contributed by atoms with Crippen molar-refractivity contribution in [2.75, 3.05) is 18.0 Å². The molecule has 2 aromatic rings. The quantitative estimate of drug-likeness (QED) is 0.789. The van der Waals surface area contributed by atoms with Gasteiger partial charge in [-0.25, -0.2) is 0 Å². The Bertz CT molecular complexity index is 609. The smallest absolute Gasteiger partial charge is 0.226 e. The lowest BCUT2D eigenvalue weighted by atomic mass is 9.98. The van der Waals surface area contributed by atoms with Crippen LogP contribution in [0.3, 0.4) is 0 Å². The first kappa shape index (κ1) is 12.4. The van der Waals surface area contributed by atoms with Gasteiger partial charge in [0.05, 0.1) is 17.8 Å². The number of hydrogen-bond acceptors (Lipinski definition) is 3. The van der Waals surface area contributed by atoms with Gasteiger partial charge in [-0.3, -0.25) is 9.78 Å². The van der Waals surface area contributed by atoms with E-state index in [2.05, 4.69) is 22.0 Å². The van der Waals surface area contributed by atoms with Crippen molar-refractivity contribution in [1.82, 2.24) is 4.98 Å². The molecule has 1 fully saturated rings. The van der Waals surface area contributed by atoms with Gasteiger partial charge in [0.15, 0.2) is 0 Å². The molecule has 1 aromatic carbocycles. The van der Waals surface area contributed by atoms with Crippen molar-refractivity contribution in [1.29, 1.82) is 0 Å². The lowest BCUT2D eigenvalue weighted by Crippen LogP contribution is -2.37. The average molecular weight is 275 g/mol. The molecule has 1 aromatic heterocycles. The Hall–Kier alpha value is -1.61. The summed E-state index contributed by atoms with van der Waals surface area (Å²) in [6, 6.07) is 8.19. The van der Waals surface area contributed by atoms with E-state index >= 15 is 0 Å². The Labute approximate surface area is 117 Å². The molecule has 1 atom stereocenters.